The van der Waals surface area contributed by atoms with Crippen molar-refractivity contribution in [2.75, 3.05) is 6.54 Å². The highest BCUT2D eigenvalue weighted by atomic mass is 16.2. The number of hydrogen-bond acceptors (Lipinski definition) is 4. The number of pyridine rings is 1. The molecule has 0 atom stereocenters. The Morgan fingerprint density at radius 1 is 0.923 bits per heavy atom. The van der Waals surface area contributed by atoms with Crippen LogP contribution >= 0.6 is 0 Å². The minimum atomic E-state index is -0.300. The van der Waals surface area contributed by atoms with Gasteiger partial charge in [-0.05, 0) is 12.1 Å². The number of carbonyl (C=O) groups excluding carboxylic acids is 1. The van der Waals surface area contributed by atoms with Gasteiger partial charge in [0.15, 0.2) is 0 Å². The van der Waals surface area contributed by atoms with Gasteiger partial charge < -0.3 is 9.88 Å². The van der Waals surface area contributed by atoms with Gasteiger partial charge in [0.2, 0.25) is 5.91 Å². The van der Waals surface area contributed by atoms with Crippen LogP contribution in [0.5, 0.6) is 0 Å². The number of hydrogen-bond donors (Lipinski definition) is 1. The van der Waals surface area contributed by atoms with E-state index in [9.17, 15) is 14.4 Å². The standard InChI is InChI=1S/C19H18N4O3/c24-17(14-22-12-5-4-8-18(22)25)20-11-13-23-19(26)10-9-16(21-23)15-6-2-1-3-7-15/h1-10,12H,11,13-14H2,(H,20,24). The molecule has 0 aliphatic heterocycles. The quantitative estimate of drug-likeness (QED) is 0.715. The van der Waals surface area contributed by atoms with Crippen molar-refractivity contribution >= 4 is 5.91 Å². The van der Waals surface area contributed by atoms with Crippen LogP contribution in [0.4, 0.5) is 0 Å². The van der Waals surface area contributed by atoms with Crippen LogP contribution in [0, 0.1) is 0 Å². The van der Waals surface area contributed by atoms with Gasteiger partial charge in [0.25, 0.3) is 11.1 Å². The number of nitrogens with one attached hydrogen (secondary N) is 1. The maximum Gasteiger partial charge on any atom is 0.266 e. The molecule has 1 aromatic carbocycles. The van der Waals surface area contributed by atoms with E-state index in [1.54, 1.807) is 24.4 Å². The van der Waals surface area contributed by atoms with Gasteiger partial charge in [0.05, 0.1) is 12.2 Å². The molecule has 3 rings (SSSR count). The van der Waals surface area contributed by atoms with Crippen LogP contribution in [0.15, 0.2) is 76.4 Å². The summed E-state index contributed by atoms with van der Waals surface area (Å²) >= 11 is 0. The number of aromatic nitrogens is 3. The molecule has 0 saturated heterocycles. The Labute approximate surface area is 149 Å². The summed E-state index contributed by atoms with van der Waals surface area (Å²) in [5.74, 6) is -0.300. The first kappa shape index (κ1) is 17.3. The van der Waals surface area contributed by atoms with Crippen molar-refractivity contribution in [3.05, 3.63) is 87.6 Å². The zero-order valence-electron chi connectivity index (χ0n) is 14.0. The molecule has 0 spiro atoms. The van der Waals surface area contributed by atoms with Crippen LogP contribution in [-0.2, 0) is 17.9 Å². The zero-order chi connectivity index (χ0) is 18.4. The van der Waals surface area contributed by atoms with E-state index in [1.807, 2.05) is 30.3 Å². The molecular weight excluding hydrogens is 332 g/mol. The number of rotatable bonds is 6. The lowest BCUT2D eigenvalue weighted by atomic mass is 10.1. The zero-order valence-corrected chi connectivity index (χ0v) is 14.0. The van der Waals surface area contributed by atoms with E-state index in [2.05, 4.69) is 10.4 Å². The van der Waals surface area contributed by atoms with E-state index in [1.165, 1.54) is 21.4 Å². The lowest BCUT2D eigenvalue weighted by molar-refractivity contribution is -0.121. The van der Waals surface area contributed by atoms with Gasteiger partial charge in [-0.3, -0.25) is 14.4 Å². The van der Waals surface area contributed by atoms with Gasteiger partial charge in [-0.25, -0.2) is 4.68 Å². The fourth-order valence-electron chi connectivity index (χ4n) is 2.48. The molecule has 0 radical (unpaired) electrons. The highest BCUT2D eigenvalue weighted by Crippen LogP contribution is 2.13. The highest BCUT2D eigenvalue weighted by Gasteiger charge is 2.06. The lowest BCUT2D eigenvalue weighted by Gasteiger charge is -2.09. The minimum absolute atomic E-state index is 0.0634. The van der Waals surface area contributed by atoms with Crippen molar-refractivity contribution < 1.29 is 4.79 Å². The molecule has 0 aliphatic rings. The van der Waals surface area contributed by atoms with Crippen molar-refractivity contribution in [1.29, 1.82) is 0 Å². The van der Waals surface area contributed by atoms with E-state index in [0.29, 0.717) is 5.69 Å². The van der Waals surface area contributed by atoms with E-state index in [-0.39, 0.29) is 36.7 Å². The molecule has 0 aliphatic carbocycles. The van der Waals surface area contributed by atoms with E-state index >= 15 is 0 Å². The molecule has 3 aromatic rings. The third kappa shape index (κ3) is 4.32. The molecule has 26 heavy (non-hydrogen) atoms. The van der Waals surface area contributed by atoms with Crippen LogP contribution in [0.2, 0.25) is 0 Å². The smallest absolute Gasteiger partial charge is 0.266 e. The Bertz CT molecular complexity index is 1010. The molecule has 2 aromatic heterocycles. The number of amides is 1. The van der Waals surface area contributed by atoms with Gasteiger partial charge in [-0.15, -0.1) is 0 Å². The molecule has 1 amide bonds. The number of nitrogens with zero attached hydrogens (tertiary/aromatic N) is 3. The maximum absolute atomic E-state index is 12.0. The minimum Gasteiger partial charge on any atom is -0.353 e. The van der Waals surface area contributed by atoms with E-state index in [0.717, 1.165) is 5.56 Å². The number of benzene rings is 1. The molecule has 0 fully saturated rings. The Morgan fingerprint density at radius 3 is 2.46 bits per heavy atom. The van der Waals surface area contributed by atoms with Gasteiger partial charge in [0, 0.05) is 30.4 Å². The van der Waals surface area contributed by atoms with Crippen LogP contribution in [0.3, 0.4) is 0 Å². The summed E-state index contributed by atoms with van der Waals surface area (Å²) in [6, 6.07) is 17.4. The number of carbonyl (C=O) groups is 1. The van der Waals surface area contributed by atoms with E-state index < -0.39 is 0 Å². The molecule has 0 saturated carbocycles. The summed E-state index contributed by atoms with van der Waals surface area (Å²) in [5.41, 5.74) is 1.12. The van der Waals surface area contributed by atoms with Crippen LogP contribution in [0.1, 0.15) is 0 Å². The Balaban J connectivity index is 1.61. The molecule has 1 N–H and O–H groups in total. The Morgan fingerprint density at radius 2 is 1.69 bits per heavy atom. The maximum atomic E-state index is 12.0. The summed E-state index contributed by atoms with van der Waals surface area (Å²) in [4.78, 5) is 35.5. The van der Waals surface area contributed by atoms with Crippen molar-refractivity contribution in [2.45, 2.75) is 13.1 Å². The third-order valence-corrected chi connectivity index (χ3v) is 3.79. The average molecular weight is 350 g/mol. The lowest BCUT2D eigenvalue weighted by Crippen LogP contribution is -2.35. The summed E-state index contributed by atoms with van der Waals surface area (Å²) < 4.78 is 2.63. The highest BCUT2D eigenvalue weighted by molar-refractivity contribution is 5.75. The third-order valence-electron chi connectivity index (χ3n) is 3.79. The van der Waals surface area contributed by atoms with Gasteiger partial charge in [-0.1, -0.05) is 36.4 Å². The van der Waals surface area contributed by atoms with Crippen molar-refractivity contribution in [1.82, 2.24) is 19.7 Å². The molecule has 2 heterocycles. The summed E-state index contributed by atoms with van der Waals surface area (Å²) in [6.45, 7) is 0.423. The van der Waals surface area contributed by atoms with Crippen molar-refractivity contribution in [2.24, 2.45) is 0 Å². The van der Waals surface area contributed by atoms with E-state index in [4.69, 9.17) is 0 Å². The summed E-state index contributed by atoms with van der Waals surface area (Å²) in [6.07, 6.45) is 1.55. The molecular formula is C19H18N4O3. The Kier molecular flexibility index (Phi) is 5.38. The predicted octanol–water partition coefficient (Wildman–Crippen LogP) is 0.888. The Hall–Kier alpha value is -3.48. The van der Waals surface area contributed by atoms with Crippen LogP contribution in [0.25, 0.3) is 11.3 Å². The topological polar surface area (TPSA) is 86.0 Å². The molecule has 7 nitrogen and oxygen atoms in total. The average Bonchev–Trinajstić information content (AvgIpc) is 2.66. The van der Waals surface area contributed by atoms with Gasteiger partial charge in [-0.2, -0.15) is 5.10 Å². The van der Waals surface area contributed by atoms with Crippen molar-refractivity contribution in [3.63, 3.8) is 0 Å². The normalized spacial score (nSPS) is 10.5. The second-order valence-electron chi connectivity index (χ2n) is 5.66. The molecule has 0 unspecified atom stereocenters. The first-order chi connectivity index (χ1) is 12.6. The van der Waals surface area contributed by atoms with Crippen LogP contribution < -0.4 is 16.4 Å². The van der Waals surface area contributed by atoms with Gasteiger partial charge >= 0.3 is 0 Å². The summed E-state index contributed by atoms with van der Waals surface area (Å²) in [7, 11) is 0. The second-order valence-corrected chi connectivity index (χ2v) is 5.66. The van der Waals surface area contributed by atoms with Crippen molar-refractivity contribution in [3.8, 4) is 11.3 Å². The van der Waals surface area contributed by atoms with Crippen LogP contribution in [-0.4, -0.2) is 26.8 Å². The largest absolute Gasteiger partial charge is 0.353 e. The fraction of sp³-hybridized carbons (Fsp3) is 0.158. The predicted molar refractivity (Wildman–Crippen MR) is 97.6 cm³/mol. The first-order valence-corrected chi connectivity index (χ1v) is 8.19. The first-order valence-electron chi connectivity index (χ1n) is 8.19. The molecule has 7 heteroatoms. The SMILES string of the molecule is O=C(Cn1ccccc1=O)NCCn1nc(-c2ccccc2)ccc1=O. The summed E-state index contributed by atoms with van der Waals surface area (Å²) in [5, 5.41) is 7.03. The van der Waals surface area contributed by atoms with Gasteiger partial charge in [0.1, 0.15) is 6.54 Å². The molecule has 132 valence electrons. The fourth-order valence-corrected chi connectivity index (χ4v) is 2.48. The monoisotopic (exact) mass is 350 g/mol. The molecule has 0 bridgehead atoms. The second kappa shape index (κ2) is 8.06.